The van der Waals surface area contributed by atoms with Crippen molar-refractivity contribution in [3.63, 3.8) is 0 Å². The molecule has 5 nitrogen and oxygen atoms in total. The number of aliphatic carboxylic acids is 1. The Balaban J connectivity index is 1.91. The number of pyridine rings is 1. The maximum absolute atomic E-state index is 14.4. The Morgan fingerprint density at radius 1 is 1.16 bits per heavy atom. The third-order valence-electron chi connectivity index (χ3n) is 4.79. The molecule has 0 unspecified atom stereocenters. The van der Waals surface area contributed by atoms with Gasteiger partial charge in [-0.2, -0.15) is 13.2 Å². The summed E-state index contributed by atoms with van der Waals surface area (Å²) in [5.41, 5.74) is -0.174. The van der Waals surface area contributed by atoms with Gasteiger partial charge >= 0.3 is 12.1 Å². The van der Waals surface area contributed by atoms with Crippen LogP contribution in [0.1, 0.15) is 35.9 Å². The number of hydrogen-bond donors (Lipinski definition) is 1. The standard InChI is InChI=1S/C22H19F5N2O3/c1-2-14-4-5-15(11-28-14)29-8-7-16(22(25,26)27)19(29)12-32-21-17(23)9-13(10-18(21)24)3-6-20(30)31/h4-5,7-11H,2-3,6,12H2,1H3,(H,30,31). The van der Waals surface area contributed by atoms with Crippen LogP contribution in [-0.4, -0.2) is 20.6 Å². The van der Waals surface area contributed by atoms with Gasteiger partial charge < -0.3 is 14.4 Å². The van der Waals surface area contributed by atoms with Crippen LogP contribution in [0.3, 0.4) is 0 Å². The van der Waals surface area contributed by atoms with Crippen molar-refractivity contribution in [2.45, 2.75) is 39.0 Å². The smallest absolute Gasteiger partial charge is 0.418 e. The van der Waals surface area contributed by atoms with Crippen LogP contribution in [0.4, 0.5) is 22.0 Å². The number of nitrogens with zero attached hydrogens (tertiary/aromatic N) is 2. The van der Waals surface area contributed by atoms with Crippen LogP contribution >= 0.6 is 0 Å². The lowest BCUT2D eigenvalue weighted by Gasteiger charge is -2.15. The maximum atomic E-state index is 14.4. The van der Waals surface area contributed by atoms with Crippen molar-refractivity contribution in [1.29, 1.82) is 0 Å². The summed E-state index contributed by atoms with van der Waals surface area (Å²) >= 11 is 0. The van der Waals surface area contributed by atoms with E-state index in [1.807, 2.05) is 6.92 Å². The van der Waals surface area contributed by atoms with E-state index in [1.165, 1.54) is 17.0 Å². The third-order valence-corrected chi connectivity index (χ3v) is 4.79. The molecule has 3 rings (SSSR count). The number of carboxylic acid groups (broad SMARTS) is 1. The minimum absolute atomic E-state index is 0.0937. The molecule has 0 amide bonds. The van der Waals surface area contributed by atoms with Crippen LogP contribution in [0.25, 0.3) is 5.69 Å². The maximum Gasteiger partial charge on any atom is 0.418 e. The summed E-state index contributed by atoms with van der Waals surface area (Å²) in [6.45, 7) is 1.12. The summed E-state index contributed by atoms with van der Waals surface area (Å²) in [5, 5.41) is 8.69. The van der Waals surface area contributed by atoms with E-state index in [-0.39, 0.29) is 24.1 Å². The molecule has 0 bridgehead atoms. The number of benzene rings is 1. The van der Waals surface area contributed by atoms with Crippen LogP contribution in [0.15, 0.2) is 42.7 Å². The zero-order valence-electron chi connectivity index (χ0n) is 16.9. The lowest BCUT2D eigenvalue weighted by Crippen LogP contribution is -2.13. The second-order valence-electron chi connectivity index (χ2n) is 6.98. The van der Waals surface area contributed by atoms with Gasteiger partial charge in [-0.05, 0) is 48.7 Å². The lowest BCUT2D eigenvalue weighted by molar-refractivity contribution is -0.139. The summed E-state index contributed by atoms with van der Waals surface area (Å²) in [7, 11) is 0. The van der Waals surface area contributed by atoms with Gasteiger partial charge in [-0.3, -0.25) is 9.78 Å². The van der Waals surface area contributed by atoms with Crippen LogP contribution in [0.5, 0.6) is 5.75 Å². The molecule has 0 aliphatic carbocycles. The quantitative estimate of drug-likeness (QED) is 0.468. The summed E-state index contributed by atoms with van der Waals surface area (Å²) in [6.07, 6.45) is -1.90. The number of carboxylic acids is 1. The topological polar surface area (TPSA) is 64.3 Å². The molecular formula is C22H19F5N2O3. The average Bonchev–Trinajstić information content (AvgIpc) is 3.16. The van der Waals surface area contributed by atoms with Crippen LogP contribution in [0, 0.1) is 11.6 Å². The fourth-order valence-electron chi connectivity index (χ4n) is 3.17. The number of aromatic nitrogens is 2. The highest BCUT2D eigenvalue weighted by Crippen LogP contribution is 2.35. The van der Waals surface area contributed by atoms with Gasteiger partial charge in [0.05, 0.1) is 23.1 Å². The van der Waals surface area contributed by atoms with Crippen molar-refractivity contribution in [2.24, 2.45) is 0 Å². The fraction of sp³-hybridized carbons (Fsp3) is 0.273. The highest BCUT2D eigenvalue weighted by atomic mass is 19.4. The molecule has 0 aliphatic rings. The van der Waals surface area contributed by atoms with Crippen molar-refractivity contribution in [3.05, 3.63) is 76.9 Å². The first kappa shape index (κ1) is 23.2. The van der Waals surface area contributed by atoms with Gasteiger partial charge in [0.2, 0.25) is 0 Å². The first-order chi connectivity index (χ1) is 15.1. The number of alkyl halides is 3. The second-order valence-corrected chi connectivity index (χ2v) is 6.98. The molecule has 170 valence electrons. The predicted octanol–water partition coefficient (Wildman–Crippen LogP) is 5.33. The van der Waals surface area contributed by atoms with E-state index in [9.17, 15) is 26.7 Å². The van der Waals surface area contributed by atoms with Crippen molar-refractivity contribution < 1.29 is 36.6 Å². The van der Waals surface area contributed by atoms with E-state index in [2.05, 4.69) is 4.98 Å². The summed E-state index contributed by atoms with van der Waals surface area (Å²) < 4.78 is 75.5. The average molecular weight is 454 g/mol. The van der Waals surface area contributed by atoms with E-state index in [0.717, 1.165) is 23.9 Å². The Hall–Kier alpha value is -3.43. The van der Waals surface area contributed by atoms with Gasteiger partial charge in [-0.15, -0.1) is 0 Å². The second kappa shape index (κ2) is 9.37. The largest absolute Gasteiger partial charge is 0.481 e. The van der Waals surface area contributed by atoms with Crippen molar-refractivity contribution >= 4 is 5.97 Å². The Labute approximate surface area is 180 Å². The lowest BCUT2D eigenvalue weighted by atomic mass is 10.1. The molecule has 0 fully saturated rings. The molecule has 0 spiro atoms. The molecule has 1 N–H and O–H groups in total. The van der Waals surface area contributed by atoms with E-state index >= 15 is 0 Å². The molecule has 2 aromatic heterocycles. The van der Waals surface area contributed by atoms with Crippen molar-refractivity contribution in [1.82, 2.24) is 9.55 Å². The summed E-state index contributed by atoms with van der Waals surface area (Å²) in [5.74, 6) is -4.24. The molecule has 0 atom stereocenters. The molecule has 32 heavy (non-hydrogen) atoms. The summed E-state index contributed by atoms with van der Waals surface area (Å²) in [4.78, 5) is 14.8. The molecule has 2 heterocycles. The highest BCUT2D eigenvalue weighted by Gasteiger charge is 2.36. The number of rotatable bonds is 8. The monoisotopic (exact) mass is 454 g/mol. The van der Waals surface area contributed by atoms with Crippen molar-refractivity contribution in [2.75, 3.05) is 0 Å². The fourth-order valence-corrected chi connectivity index (χ4v) is 3.17. The molecule has 0 saturated heterocycles. The van der Waals surface area contributed by atoms with Gasteiger partial charge in [0.1, 0.15) is 6.61 Å². The van der Waals surface area contributed by atoms with E-state index in [1.54, 1.807) is 12.1 Å². The molecule has 3 aromatic rings. The number of aryl methyl sites for hydroxylation is 2. The number of halogens is 5. The molecular weight excluding hydrogens is 435 g/mol. The van der Waals surface area contributed by atoms with Crippen LogP contribution in [-0.2, 0) is 30.4 Å². The number of hydrogen-bond acceptors (Lipinski definition) is 3. The molecule has 1 aromatic carbocycles. The van der Waals surface area contributed by atoms with Crippen molar-refractivity contribution in [3.8, 4) is 11.4 Å². The normalized spacial score (nSPS) is 11.6. The van der Waals surface area contributed by atoms with Gasteiger partial charge in [-0.25, -0.2) is 8.78 Å². The van der Waals surface area contributed by atoms with E-state index < -0.39 is 41.7 Å². The zero-order valence-corrected chi connectivity index (χ0v) is 16.9. The minimum Gasteiger partial charge on any atom is -0.481 e. The minimum atomic E-state index is -4.71. The van der Waals surface area contributed by atoms with Gasteiger partial charge in [-0.1, -0.05) is 6.92 Å². The number of ether oxygens (including phenoxy) is 1. The molecule has 0 aliphatic heterocycles. The first-order valence-corrected chi connectivity index (χ1v) is 9.65. The Bertz CT molecular complexity index is 1080. The SMILES string of the molecule is CCc1ccc(-n2ccc(C(F)(F)F)c2COc2c(F)cc(CCC(=O)O)cc2F)cn1. The van der Waals surface area contributed by atoms with Crippen LogP contribution in [0.2, 0.25) is 0 Å². The summed E-state index contributed by atoms with van der Waals surface area (Å²) in [6, 6.07) is 5.92. The highest BCUT2D eigenvalue weighted by molar-refractivity contribution is 5.67. The Morgan fingerprint density at radius 2 is 1.84 bits per heavy atom. The molecule has 0 saturated carbocycles. The number of carbonyl (C=O) groups is 1. The van der Waals surface area contributed by atoms with Gasteiger partial charge in [0, 0.05) is 18.3 Å². The Kier molecular flexibility index (Phi) is 6.81. The van der Waals surface area contributed by atoms with E-state index in [0.29, 0.717) is 12.1 Å². The van der Waals surface area contributed by atoms with Gasteiger partial charge in [0.25, 0.3) is 0 Å². The Morgan fingerprint density at radius 3 is 2.38 bits per heavy atom. The van der Waals surface area contributed by atoms with Gasteiger partial charge in [0.15, 0.2) is 17.4 Å². The first-order valence-electron chi connectivity index (χ1n) is 9.65. The zero-order chi connectivity index (χ0) is 23.5. The van der Waals surface area contributed by atoms with Crippen LogP contribution < -0.4 is 4.74 Å². The molecule has 0 radical (unpaired) electrons. The molecule has 10 heteroatoms. The van der Waals surface area contributed by atoms with E-state index in [4.69, 9.17) is 9.84 Å². The third kappa shape index (κ3) is 5.24. The predicted molar refractivity (Wildman–Crippen MR) is 105 cm³/mol.